The maximum absolute atomic E-state index is 5.82. The van der Waals surface area contributed by atoms with Crippen LogP contribution in [-0.2, 0) is 13.1 Å². The lowest BCUT2D eigenvalue weighted by Gasteiger charge is -2.11. The van der Waals surface area contributed by atoms with E-state index in [1.54, 1.807) is 20.4 Å². The summed E-state index contributed by atoms with van der Waals surface area (Å²) in [7, 11) is 3.39. The number of guanidine groups is 1. The molecule has 0 saturated carbocycles. The van der Waals surface area contributed by atoms with Gasteiger partial charge >= 0.3 is 0 Å². The molecule has 3 rings (SSSR count). The third kappa shape index (κ3) is 5.98. The fourth-order valence-electron chi connectivity index (χ4n) is 2.59. The second-order valence-electron chi connectivity index (χ2n) is 6.12. The van der Waals surface area contributed by atoms with Crippen LogP contribution in [-0.4, -0.2) is 25.1 Å². The van der Waals surface area contributed by atoms with Crippen molar-refractivity contribution in [1.82, 2.24) is 15.6 Å². The van der Waals surface area contributed by atoms with Gasteiger partial charge in [0.1, 0.15) is 5.75 Å². The van der Waals surface area contributed by atoms with E-state index in [9.17, 15) is 0 Å². The maximum Gasteiger partial charge on any atom is 0.214 e. The Hall–Kier alpha value is -2.55. The van der Waals surface area contributed by atoms with E-state index in [1.165, 1.54) is 5.56 Å². The minimum atomic E-state index is 0. The van der Waals surface area contributed by atoms with Crippen LogP contribution in [0.15, 0.2) is 64.1 Å². The molecule has 0 aliphatic carbocycles. The number of nitrogens with zero attached hydrogens (tertiary/aromatic N) is 2. The Morgan fingerprint density at radius 2 is 1.86 bits per heavy atom. The molecule has 3 aromatic rings. The van der Waals surface area contributed by atoms with Crippen molar-refractivity contribution in [2.24, 2.45) is 4.99 Å². The molecule has 148 valence electrons. The zero-order chi connectivity index (χ0) is 19.1. The largest absolute Gasteiger partial charge is 0.497 e. The molecule has 2 N–H and O–H groups in total. The Bertz CT molecular complexity index is 907. The summed E-state index contributed by atoms with van der Waals surface area (Å²) in [6.45, 7) is 3.14. The van der Waals surface area contributed by atoms with Crippen molar-refractivity contribution in [3.63, 3.8) is 0 Å². The predicted molar refractivity (Wildman–Crippen MR) is 122 cm³/mol. The summed E-state index contributed by atoms with van der Waals surface area (Å²) in [6, 6.07) is 16.1. The SMILES string of the molecule is CN=C(NCc1cccc(OC)c1)NCc1ncc(-c2ccc(C)cc2)o1.I. The molecule has 0 radical (unpaired) electrons. The summed E-state index contributed by atoms with van der Waals surface area (Å²) in [5.74, 6) is 2.87. The number of ether oxygens (including phenoxy) is 1. The number of methoxy groups -OCH3 is 1. The lowest BCUT2D eigenvalue weighted by Crippen LogP contribution is -2.36. The van der Waals surface area contributed by atoms with Crippen LogP contribution in [0.3, 0.4) is 0 Å². The highest BCUT2D eigenvalue weighted by atomic mass is 127. The number of aliphatic imine (C=N–C) groups is 1. The third-order valence-corrected chi connectivity index (χ3v) is 4.11. The molecule has 0 aliphatic rings. The summed E-state index contributed by atoms with van der Waals surface area (Å²) < 4.78 is 11.1. The maximum atomic E-state index is 5.82. The number of hydrogen-bond acceptors (Lipinski definition) is 4. The fourth-order valence-corrected chi connectivity index (χ4v) is 2.59. The lowest BCUT2D eigenvalue weighted by molar-refractivity contribution is 0.414. The molecule has 0 aliphatic heterocycles. The first kappa shape index (κ1) is 21.7. The summed E-state index contributed by atoms with van der Waals surface area (Å²) in [4.78, 5) is 8.56. The molecule has 0 spiro atoms. The molecule has 1 heterocycles. The molecule has 0 saturated heterocycles. The van der Waals surface area contributed by atoms with E-state index < -0.39 is 0 Å². The van der Waals surface area contributed by atoms with Gasteiger partial charge in [0, 0.05) is 19.2 Å². The van der Waals surface area contributed by atoms with Crippen molar-refractivity contribution in [1.29, 1.82) is 0 Å². The molecule has 0 amide bonds. The summed E-state index contributed by atoms with van der Waals surface area (Å²) in [5.41, 5.74) is 3.33. The van der Waals surface area contributed by atoms with Crippen molar-refractivity contribution in [2.45, 2.75) is 20.0 Å². The summed E-state index contributed by atoms with van der Waals surface area (Å²) >= 11 is 0. The lowest BCUT2D eigenvalue weighted by atomic mass is 10.1. The van der Waals surface area contributed by atoms with Gasteiger partial charge in [-0.25, -0.2) is 4.98 Å². The summed E-state index contributed by atoms with van der Waals surface area (Å²) in [5, 5.41) is 6.48. The number of aryl methyl sites for hydroxylation is 1. The van der Waals surface area contributed by atoms with Gasteiger partial charge in [-0.3, -0.25) is 4.99 Å². The van der Waals surface area contributed by atoms with Gasteiger partial charge in [0.25, 0.3) is 0 Å². The van der Waals surface area contributed by atoms with Crippen molar-refractivity contribution < 1.29 is 9.15 Å². The fraction of sp³-hybridized carbons (Fsp3) is 0.238. The monoisotopic (exact) mass is 492 g/mol. The number of nitrogens with one attached hydrogen (secondary N) is 2. The van der Waals surface area contributed by atoms with Crippen LogP contribution in [0.25, 0.3) is 11.3 Å². The first-order valence-electron chi connectivity index (χ1n) is 8.77. The van der Waals surface area contributed by atoms with E-state index in [4.69, 9.17) is 9.15 Å². The van der Waals surface area contributed by atoms with Gasteiger partial charge in [0.15, 0.2) is 11.7 Å². The van der Waals surface area contributed by atoms with Crippen LogP contribution in [0, 0.1) is 6.92 Å². The Balaban J connectivity index is 0.00000280. The average molecular weight is 492 g/mol. The summed E-state index contributed by atoms with van der Waals surface area (Å²) in [6.07, 6.45) is 1.74. The van der Waals surface area contributed by atoms with Gasteiger partial charge in [-0.05, 0) is 24.6 Å². The zero-order valence-electron chi connectivity index (χ0n) is 16.2. The third-order valence-electron chi connectivity index (χ3n) is 4.11. The van der Waals surface area contributed by atoms with Gasteiger partial charge < -0.3 is 19.8 Å². The molecular formula is C21H25IN4O2. The zero-order valence-corrected chi connectivity index (χ0v) is 18.6. The highest BCUT2D eigenvalue weighted by Gasteiger charge is 2.07. The second kappa shape index (κ2) is 10.7. The molecule has 0 fully saturated rings. The van der Waals surface area contributed by atoms with Crippen molar-refractivity contribution in [3.8, 4) is 17.1 Å². The van der Waals surface area contributed by atoms with Crippen LogP contribution in [0.1, 0.15) is 17.0 Å². The van der Waals surface area contributed by atoms with E-state index in [2.05, 4.69) is 39.7 Å². The van der Waals surface area contributed by atoms with Crippen LogP contribution in [0.4, 0.5) is 0 Å². The number of rotatable bonds is 6. The molecule has 7 heteroatoms. The van der Waals surface area contributed by atoms with Gasteiger partial charge in [-0.15, -0.1) is 24.0 Å². The molecule has 2 aromatic carbocycles. The highest BCUT2D eigenvalue weighted by Crippen LogP contribution is 2.20. The van der Waals surface area contributed by atoms with Crippen LogP contribution in [0.5, 0.6) is 5.75 Å². The Morgan fingerprint density at radius 1 is 1.11 bits per heavy atom. The molecule has 1 aromatic heterocycles. The minimum absolute atomic E-state index is 0. The smallest absolute Gasteiger partial charge is 0.214 e. The van der Waals surface area contributed by atoms with E-state index in [0.717, 1.165) is 22.6 Å². The minimum Gasteiger partial charge on any atom is -0.497 e. The van der Waals surface area contributed by atoms with Crippen molar-refractivity contribution in [3.05, 3.63) is 71.7 Å². The predicted octanol–water partition coefficient (Wildman–Crippen LogP) is 4.14. The molecule has 0 atom stereocenters. The van der Waals surface area contributed by atoms with Gasteiger partial charge in [-0.1, -0.05) is 42.0 Å². The Kier molecular flexibility index (Phi) is 8.31. The number of benzene rings is 2. The van der Waals surface area contributed by atoms with Crippen LogP contribution >= 0.6 is 24.0 Å². The van der Waals surface area contributed by atoms with Gasteiger partial charge in [0.2, 0.25) is 5.89 Å². The van der Waals surface area contributed by atoms with Gasteiger partial charge in [-0.2, -0.15) is 0 Å². The van der Waals surface area contributed by atoms with E-state index >= 15 is 0 Å². The van der Waals surface area contributed by atoms with E-state index in [0.29, 0.717) is 24.9 Å². The second-order valence-corrected chi connectivity index (χ2v) is 6.12. The first-order valence-corrected chi connectivity index (χ1v) is 8.77. The van der Waals surface area contributed by atoms with Crippen LogP contribution < -0.4 is 15.4 Å². The normalized spacial score (nSPS) is 10.9. The molecule has 6 nitrogen and oxygen atoms in total. The quantitative estimate of drug-likeness (QED) is 0.308. The number of hydrogen-bond donors (Lipinski definition) is 2. The topological polar surface area (TPSA) is 71.7 Å². The van der Waals surface area contributed by atoms with Crippen molar-refractivity contribution in [2.75, 3.05) is 14.2 Å². The number of oxazole rings is 1. The Labute approximate surface area is 182 Å². The van der Waals surface area contributed by atoms with E-state index in [1.807, 2.05) is 36.4 Å². The molecule has 0 bridgehead atoms. The van der Waals surface area contributed by atoms with Gasteiger partial charge in [0.05, 0.1) is 19.9 Å². The first-order chi connectivity index (χ1) is 13.2. The molecular weight excluding hydrogens is 467 g/mol. The number of aromatic nitrogens is 1. The van der Waals surface area contributed by atoms with Crippen LogP contribution in [0.2, 0.25) is 0 Å². The van der Waals surface area contributed by atoms with Crippen molar-refractivity contribution >= 4 is 29.9 Å². The van der Waals surface area contributed by atoms with E-state index in [-0.39, 0.29) is 24.0 Å². The average Bonchev–Trinajstić information content (AvgIpc) is 3.18. The standard InChI is InChI=1S/C21H24N4O2.HI/c1-15-7-9-17(10-8-15)19-13-23-20(27-19)14-25-21(22-2)24-12-16-5-4-6-18(11-16)26-3;/h4-11,13H,12,14H2,1-3H3,(H2,22,24,25);1H. The Morgan fingerprint density at radius 3 is 2.57 bits per heavy atom. The molecule has 28 heavy (non-hydrogen) atoms. The highest BCUT2D eigenvalue weighted by molar-refractivity contribution is 14.0. The molecule has 0 unspecified atom stereocenters. The number of halogens is 1.